The molecule has 0 aliphatic rings. The summed E-state index contributed by atoms with van der Waals surface area (Å²) in [5.41, 5.74) is 6.34. The van der Waals surface area contributed by atoms with E-state index < -0.39 is 10.0 Å². The first-order valence-corrected chi connectivity index (χ1v) is 13.3. The predicted molar refractivity (Wildman–Crippen MR) is 149 cm³/mol. The van der Waals surface area contributed by atoms with Crippen molar-refractivity contribution in [2.75, 3.05) is 7.11 Å². The van der Waals surface area contributed by atoms with E-state index in [0.717, 1.165) is 45.0 Å². The summed E-state index contributed by atoms with van der Waals surface area (Å²) in [6.45, 7) is 0. The van der Waals surface area contributed by atoms with Crippen LogP contribution in [0.15, 0.2) is 125 Å². The first-order chi connectivity index (χ1) is 18.0. The molecule has 37 heavy (non-hydrogen) atoms. The van der Waals surface area contributed by atoms with Gasteiger partial charge in [-0.25, -0.2) is 0 Å². The molecular formula is C31H26N2O3S. The maximum Gasteiger partial charge on any atom is 0.282 e. The Morgan fingerprint density at radius 2 is 1.19 bits per heavy atom. The van der Waals surface area contributed by atoms with Crippen LogP contribution in [0.5, 0.6) is 5.75 Å². The van der Waals surface area contributed by atoms with Crippen LogP contribution in [-0.2, 0) is 17.1 Å². The van der Waals surface area contributed by atoms with Crippen LogP contribution in [0.2, 0.25) is 0 Å². The van der Waals surface area contributed by atoms with Crippen molar-refractivity contribution >= 4 is 16.2 Å². The van der Waals surface area contributed by atoms with Crippen molar-refractivity contribution in [1.82, 2.24) is 4.57 Å². The van der Waals surface area contributed by atoms with E-state index in [0.29, 0.717) is 0 Å². The minimum absolute atomic E-state index is 0.151. The minimum Gasteiger partial charge on any atom is -0.497 e. The van der Waals surface area contributed by atoms with E-state index >= 15 is 0 Å². The number of hydrogen-bond acceptors (Lipinski definition) is 3. The lowest BCUT2D eigenvalue weighted by atomic mass is 9.96. The summed E-state index contributed by atoms with van der Waals surface area (Å²) in [5.74, 6) is 0.742. The largest absolute Gasteiger partial charge is 0.497 e. The highest BCUT2D eigenvalue weighted by atomic mass is 32.2. The zero-order valence-electron chi connectivity index (χ0n) is 20.6. The number of nitrogens with zero attached hydrogens (tertiary/aromatic N) is 2. The van der Waals surface area contributed by atoms with Gasteiger partial charge in [0.25, 0.3) is 10.0 Å². The van der Waals surface area contributed by atoms with Gasteiger partial charge in [-0.1, -0.05) is 91.0 Å². The molecule has 0 amide bonds. The maximum atomic E-state index is 13.1. The number of ether oxygens (including phenoxy) is 1. The van der Waals surface area contributed by atoms with Gasteiger partial charge in [0.05, 0.1) is 29.6 Å². The molecule has 0 bridgehead atoms. The lowest BCUT2D eigenvalue weighted by molar-refractivity contribution is 0.415. The fraction of sp³-hybridized carbons (Fsp3) is 0.0645. The van der Waals surface area contributed by atoms with Crippen LogP contribution in [0, 0.1) is 0 Å². The quantitative estimate of drug-likeness (QED) is 0.227. The molecule has 1 aromatic heterocycles. The summed E-state index contributed by atoms with van der Waals surface area (Å²) >= 11 is 0. The van der Waals surface area contributed by atoms with Gasteiger partial charge in [0.2, 0.25) is 0 Å². The third-order valence-electron chi connectivity index (χ3n) is 6.27. The van der Waals surface area contributed by atoms with Crippen LogP contribution in [0.1, 0.15) is 5.56 Å². The van der Waals surface area contributed by atoms with Crippen LogP contribution >= 0.6 is 0 Å². The monoisotopic (exact) mass is 506 g/mol. The smallest absolute Gasteiger partial charge is 0.282 e. The lowest BCUT2D eigenvalue weighted by Gasteiger charge is -2.10. The fourth-order valence-electron chi connectivity index (χ4n) is 4.54. The van der Waals surface area contributed by atoms with Gasteiger partial charge in [0.1, 0.15) is 5.75 Å². The summed E-state index contributed by atoms with van der Waals surface area (Å²) < 4.78 is 37.9. The SMILES string of the molecule is COc1ccc(-c2c(C=NS(=O)(=O)c3ccccc3)c(-c3ccccc3)n(C)c2-c2ccccc2)cc1. The molecule has 0 saturated carbocycles. The van der Waals surface area contributed by atoms with E-state index in [1.54, 1.807) is 37.4 Å². The Kier molecular flexibility index (Phi) is 6.75. The van der Waals surface area contributed by atoms with Crippen LogP contribution in [0.4, 0.5) is 0 Å². The molecule has 0 saturated heterocycles. The Morgan fingerprint density at radius 1 is 0.676 bits per heavy atom. The van der Waals surface area contributed by atoms with Crippen molar-refractivity contribution in [3.63, 3.8) is 0 Å². The topological polar surface area (TPSA) is 60.7 Å². The molecule has 0 N–H and O–H groups in total. The molecule has 184 valence electrons. The van der Waals surface area contributed by atoms with Crippen molar-refractivity contribution in [1.29, 1.82) is 0 Å². The Labute approximate surface area is 217 Å². The van der Waals surface area contributed by atoms with Crippen LogP contribution in [-0.4, -0.2) is 26.3 Å². The highest BCUT2D eigenvalue weighted by Gasteiger charge is 2.24. The van der Waals surface area contributed by atoms with Crippen molar-refractivity contribution in [3.05, 3.63) is 121 Å². The highest BCUT2D eigenvalue weighted by molar-refractivity contribution is 7.90. The molecule has 0 unspecified atom stereocenters. The first kappa shape index (κ1) is 24.3. The van der Waals surface area contributed by atoms with E-state index in [2.05, 4.69) is 21.1 Å². The number of sulfonamides is 1. The third kappa shape index (κ3) is 4.84. The van der Waals surface area contributed by atoms with Gasteiger partial charge in [0.15, 0.2) is 0 Å². The molecule has 6 heteroatoms. The highest BCUT2D eigenvalue weighted by Crippen LogP contribution is 2.42. The molecule has 0 radical (unpaired) electrons. The Morgan fingerprint density at radius 3 is 1.73 bits per heavy atom. The average molecular weight is 507 g/mol. The molecule has 0 atom stereocenters. The molecule has 0 aliphatic heterocycles. The normalized spacial score (nSPS) is 11.6. The van der Waals surface area contributed by atoms with Gasteiger partial charge in [-0.2, -0.15) is 12.8 Å². The predicted octanol–water partition coefficient (Wildman–Crippen LogP) is 6.84. The Balaban J connectivity index is 1.82. The number of methoxy groups -OCH3 is 1. The van der Waals surface area contributed by atoms with Gasteiger partial charge in [-0.3, -0.25) is 0 Å². The van der Waals surface area contributed by atoms with Crippen molar-refractivity contribution in [2.45, 2.75) is 4.90 Å². The molecule has 5 nitrogen and oxygen atoms in total. The van der Waals surface area contributed by atoms with Crippen LogP contribution in [0.3, 0.4) is 0 Å². The van der Waals surface area contributed by atoms with Gasteiger partial charge in [-0.15, -0.1) is 0 Å². The fourth-order valence-corrected chi connectivity index (χ4v) is 5.40. The summed E-state index contributed by atoms with van der Waals surface area (Å²) in [5, 5.41) is 0. The van der Waals surface area contributed by atoms with Gasteiger partial charge < -0.3 is 9.30 Å². The maximum absolute atomic E-state index is 13.1. The Hall–Kier alpha value is -4.42. The number of benzene rings is 4. The molecule has 5 aromatic rings. The molecule has 0 fully saturated rings. The van der Waals surface area contributed by atoms with Gasteiger partial charge >= 0.3 is 0 Å². The Bertz CT molecular complexity index is 1640. The van der Waals surface area contributed by atoms with Crippen molar-refractivity contribution < 1.29 is 13.2 Å². The average Bonchev–Trinajstić information content (AvgIpc) is 3.25. The summed E-state index contributed by atoms with van der Waals surface area (Å²) in [7, 11) is -0.262. The summed E-state index contributed by atoms with van der Waals surface area (Å²) in [6, 6.07) is 36.1. The first-order valence-electron chi connectivity index (χ1n) is 11.8. The van der Waals surface area contributed by atoms with E-state index in [1.165, 1.54) is 6.21 Å². The van der Waals surface area contributed by atoms with Gasteiger partial charge in [0, 0.05) is 18.2 Å². The molecular weight excluding hydrogens is 480 g/mol. The summed E-state index contributed by atoms with van der Waals surface area (Å²) in [4.78, 5) is 0.151. The molecule has 1 heterocycles. The molecule has 0 aliphatic carbocycles. The molecule has 0 spiro atoms. The van der Waals surface area contributed by atoms with E-state index in [-0.39, 0.29) is 4.90 Å². The molecule has 4 aromatic carbocycles. The second-order valence-electron chi connectivity index (χ2n) is 8.53. The van der Waals surface area contributed by atoms with Crippen LogP contribution < -0.4 is 4.74 Å². The standard InChI is InChI=1S/C31H26N2O3S/c1-33-30(24-12-6-3-7-13-24)28(22-32-37(34,35)27-16-10-5-11-17-27)29(23-18-20-26(36-2)21-19-23)31(33)25-14-8-4-9-15-25/h3-22H,1-2H3. The second-order valence-corrected chi connectivity index (χ2v) is 10.2. The number of hydrogen-bond donors (Lipinski definition) is 0. The molecule has 5 rings (SSSR count). The summed E-state index contributed by atoms with van der Waals surface area (Å²) in [6.07, 6.45) is 1.48. The third-order valence-corrected chi connectivity index (χ3v) is 7.52. The van der Waals surface area contributed by atoms with Crippen molar-refractivity contribution in [2.24, 2.45) is 11.4 Å². The number of rotatable bonds is 7. The van der Waals surface area contributed by atoms with Gasteiger partial charge in [-0.05, 0) is 41.0 Å². The zero-order valence-corrected chi connectivity index (χ0v) is 21.4. The zero-order chi connectivity index (χ0) is 25.8. The lowest BCUT2D eigenvalue weighted by Crippen LogP contribution is -1.99. The van der Waals surface area contributed by atoms with Crippen molar-refractivity contribution in [3.8, 4) is 39.4 Å². The van der Waals surface area contributed by atoms with E-state index in [9.17, 15) is 8.42 Å². The van der Waals surface area contributed by atoms with Crippen LogP contribution in [0.25, 0.3) is 33.6 Å². The van der Waals surface area contributed by atoms with E-state index in [4.69, 9.17) is 4.74 Å². The second kappa shape index (κ2) is 10.3. The number of aromatic nitrogens is 1. The minimum atomic E-state index is -3.90. The van der Waals surface area contributed by atoms with E-state index in [1.807, 2.05) is 79.8 Å².